The summed E-state index contributed by atoms with van der Waals surface area (Å²) < 4.78 is 22.5. The topological polar surface area (TPSA) is 222 Å². The SMILES string of the molecule is Nc1cc(COC2CCC(F)C2)nc(N2C(O)(O)C(O)(O)OC(O)(O)C2(O)O)c1. The monoisotopic (exact) mass is 423 g/mol. The average Bonchev–Trinajstić information content (AvgIpc) is 2.95. The van der Waals surface area contributed by atoms with Gasteiger partial charge in [0.25, 0.3) is 0 Å². The van der Waals surface area contributed by atoms with E-state index >= 15 is 0 Å². The number of halogens is 1. The molecule has 0 aromatic carbocycles. The van der Waals surface area contributed by atoms with E-state index in [0.717, 1.165) is 6.07 Å². The van der Waals surface area contributed by atoms with E-state index in [1.807, 2.05) is 0 Å². The zero-order chi connectivity index (χ0) is 21.8. The lowest BCUT2D eigenvalue weighted by atomic mass is 10.1. The van der Waals surface area contributed by atoms with Gasteiger partial charge in [-0.2, -0.15) is 0 Å². The summed E-state index contributed by atoms with van der Waals surface area (Å²) in [5.41, 5.74) is 5.58. The molecule has 3 rings (SSSR count). The van der Waals surface area contributed by atoms with Crippen molar-refractivity contribution in [2.24, 2.45) is 0 Å². The molecule has 1 aliphatic carbocycles. The first-order valence-corrected chi connectivity index (χ1v) is 8.49. The molecule has 1 aliphatic heterocycles. The van der Waals surface area contributed by atoms with Crippen molar-refractivity contribution in [3.8, 4) is 0 Å². The highest BCUT2D eigenvalue weighted by Gasteiger charge is 2.75. The lowest BCUT2D eigenvalue weighted by molar-refractivity contribution is -0.606. The predicted molar refractivity (Wildman–Crippen MR) is 88.2 cm³/mol. The van der Waals surface area contributed by atoms with Gasteiger partial charge in [0.05, 0.1) is 18.4 Å². The summed E-state index contributed by atoms with van der Waals surface area (Å²) >= 11 is 0. The van der Waals surface area contributed by atoms with E-state index in [9.17, 15) is 45.2 Å². The van der Waals surface area contributed by atoms with Gasteiger partial charge < -0.3 is 51.3 Å². The zero-order valence-electron chi connectivity index (χ0n) is 14.9. The van der Waals surface area contributed by atoms with Gasteiger partial charge in [0.15, 0.2) is 0 Å². The van der Waals surface area contributed by atoms with Crippen molar-refractivity contribution in [2.75, 3.05) is 10.6 Å². The maximum absolute atomic E-state index is 13.2. The third-order valence-corrected chi connectivity index (χ3v) is 4.69. The van der Waals surface area contributed by atoms with E-state index in [4.69, 9.17) is 10.5 Å². The van der Waals surface area contributed by atoms with Crippen molar-refractivity contribution in [3.63, 3.8) is 0 Å². The van der Waals surface area contributed by atoms with Crippen LogP contribution < -0.4 is 10.6 Å². The standard InChI is InChI=1S/C15H22FN3O10/c16-7-1-2-10(3-7)28-6-9-4-8(17)5-11(18-9)19-12(20,21)14(24,25)29-15(26,27)13(19,22)23/h4-5,7,10,20-27H,1-3,6H2,(H2,17,18). The van der Waals surface area contributed by atoms with Crippen molar-refractivity contribution in [3.05, 3.63) is 17.8 Å². The molecule has 2 unspecified atom stereocenters. The van der Waals surface area contributed by atoms with E-state index in [0.29, 0.717) is 12.8 Å². The van der Waals surface area contributed by atoms with Gasteiger partial charge in [0.2, 0.25) is 0 Å². The van der Waals surface area contributed by atoms with Crippen LogP contribution >= 0.6 is 0 Å². The van der Waals surface area contributed by atoms with Crippen LogP contribution in [-0.4, -0.2) is 81.9 Å². The second-order valence-corrected chi connectivity index (χ2v) is 7.02. The van der Waals surface area contributed by atoms with Gasteiger partial charge in [-0.3, -0.25) is 4.74 Å². The van der Waals surface area contributed by atoms with Crippen molar-refractivity contribution in [2.45, 2.75) is 61.9 Å². The number of rotatable bonds is 4. The molecule has 1 aromatic heterocycles. The van der Waals surface area contributed by atoms with Crippen LogP contribution in [0.2, 0.25) is 0 Å². The fraction of sp³-hybridized carbons (Fsp3) is 0.667. The van der Waals surface area contributed by atoms with E-state index in [2.05, 4.69) is 9.72 Å². The van der Waals surface area contributed by atoms with Crippen LogP contribution in [0.5, 0.6) is 0 Å². The minimum absolute atomic E-state index is 0.00311. The first kappa shape index (κ1) is 22.0. The molecule has 2 heterocycles. The summed E-state index contributed by atoms with van der Waals surface area (Å²) in [6, 6.07) is 2.12. The highest BCUT2D eigenvalue weighted by Crippen LogP contribution is 2.44. The molecule has 0 spiro atoms. The summed E-state index contributed by atoms with van der Waals surface area (Å²) in [5.74, 6) is -17.1. The Bertz CT molecular complexity index is 749. The lowest BCUT2D eigenvalue weighted by Gasteiger charge is -2.55. The smallest absolute Gasteiger partial charge is 0.362 e. The number of anilines is 2. The minimum atomic E-state index is -4.12. The fourth-order valence-electron chi connectivity index (χ4n) is 3.19. The summed E-state index contributed by atoms with van der Waals surface area (Å²) in [6.45, 7) is -0.236. The molecule has 2 fully saturated rings. The van der Waals surface area contributed by atoms with Crippen LogP contribution in [0, 0.1) is 0 Å². The lowest BCUT2D eigenvalue weighted by Crippen LogP contribution is -2.84. The maximum Gasteiger partial charge on any atom is 0.362 e. The number of ether oxygens (including phenoxy) is 2. The Morgan fingerprint density at radius 1 is 1.07 bits per heavy atom. The average molecular weight is 423 g/mol. The van der Waals surface area contributed by atoms with Crippen LogP contribution in [0.3, 0.4) is 0 Å². The summed E-state index contributed by atoms with van der Waals surface area (Å²) in [4.78, 5) is 3.41. The summed E-state index contributed by atoms with van der Waals surface area (Å²) in [7, 11) is 0. The Hall–Kier alpha value is -1.72. The Morgan fingerprint density at radius 3 is 2.17 bits per heavy atom. The Labute approximate surface area is 162 Å². The number of morpholine rings is 1. The number of nitrogens with zero attached hydrogens (tertiary/aromatic N) is 2. The first-order valence-electron chi connectivity index (χ1n) is 8.49. The van der Waals surface area contributed by atoms with Crippen LogP contribution in [-0.2, 0) is 16.1 Å². The Kier molecular flexibility index (Phi) is 5.24. The highest BCUT2D eigenvalue weighted by molar-refractivity contribution is 5.54. The summed E-state index contributed by atoms with van der Waals surface area (Å²) in [6.07, 6.45) is -0.388. The third-order valence-electron chi connectivity index (χ3n) is 4.69. The summed E-state index contributed by atoms with van der Waals surface area (Å²) in [5, 5.41) is 78.8. The van der Waals surface area contributed by atoms with Gasteiger partial charge in [-0.1, -0.05) is 0 Å². The molecular weight excluding hydrogens is 401 g/mol. The van der Waals surface area contributed by atoms with Gasteiger partial charge in [-0.15, -0.1) is 0 Å². The molecule has 0 radical (unpaired) electrons. The molecule has 2 atom stereocenters. The number of hydrogen-bond acceptors (Lipinski definition) is 13. The fourth-order valence-corrected chi connectivity index (χ4v) is 3.19. The quantitative estimate of drug-likeness (QED) is 0.214. The minimum Gasteiger partial charge on any atom is -0.399 e. The largest absolute Gasteiger partial charge is 0.399 e. The molecule has 1 saturated heterocycles. The van der Waals surface area contributed by atoms with Gasteiger partial charge in [-0.05, 0) is 18.9 Å². The number of hydrogen-bond donors (Lipinski definition) is 9. The molecule has 0 amide bonds. The molecule has 164 valence electrons. The van der Waals surface area contributed by atoms with Crippen molar-refractivity contribution >= 4 is 11.5 Å². The number of nitrogens with two attached hydrogens (primary N) is 1. The second kappa shape index (κ2) is 6.92. The van der Waals surface area contributed by atoms with Crippen LogP contribution in [0.4, 0.5) is 15.9 Å². The number of pyridine rings is 1. The zero-order valence-corrected chi connectivity index (χ0v) is 14.9. The van der Waals surface area contributed by atoms with Gasteiger partial charge in [0, 0.05) is 18.2 Å². The van der Waals surface area contributed by atoms with Crippen LogP contribution in [0.15, 0.2) is 12.1 Å². The van der Waals surface area contributed by atoms with Gasteiger partial charge in [0.1, 0.15) is 12.0 Å². The molecule has 2 aliphatic rings. The molecule has 29 heavy (non-hydrogen) atoms. The first-order chi connectivity index (χ1) is 13.2. The number of aliphatic hydroxyl groups is 8. The molecule has 13 nitrogen and oxygen atoms in total. The highest BCUT2D eigenvalue weighted by atomic mass is 19.1. The Morgan fingerprint density at radius 2 is 1.66 bits per heavy atom. The van der Waals surface area contributed by atoms with E-state index in [1.165, 1.54) is 6.07 Å². The Balaban J connectivity index is 1.95. The second-order valence-electron chi connectivity index (χ2n) is 7.02. The van der Waals surface area contributed by atoms with Crippen LogP contribution in [0.1, 0.15) is 25.0 Å². The molecule has 14 heteroatoms. The number of alkyl halides is 1. The van der Waals surface area contributed by atoms with E-state index in [1.54, 1.807) is 0 Å². The van der Waals surface area contributed by atoms with Gasteiger partial charge >= 0.3 is 23.8 Å². The maximum atomic E-state index is 13.2. The van der Waals surface area contributed by atoms with Crippen molar-refractivity contribution in [1.29, 1.82) is 0 Å². The molecule has 1 aromatic rings. The van der Waals surface area contributed by atoms with Crippen molar-refractivity contribution < 1.29 is 54.7 Å². The van der Waals surface area contributed by atoms with E-state index in [-0.39, 0.29) is 24.4 Å². The van der Waals surface area contributed by atoms with Gasteiger partial charge in [-0.25, -0.2) is 14.3 Å². The van der Waals surface area contributed by atoms with E-state index < -0.39 is 46.8 Å². The van der Waals surface area contributed by atoms with Crippen molar-refractivity contribution in [1.82, 2.24) is 4.98 Å². The molecular formula is C15H22FN3O10. The number of aromatic nitrogens is 1. The molecule has 1 saturated carbocycles. The predicted octanol–water partition coefficient (Wildman–Crippen LogP) is -3.54. The molecule has 0 bridgehead atoms. The third kappa shape index (κ3) is 3.75. The normalized spacial score (nSPS) is 29.8. The molecule has 10 N–H and O–H groups in total. The van der Waals surface area contributed by atoms with Crippen LogP contribution in [0.25, 0.3) is 0 Å². The number of nitrogen functional groups attached to an aromatic ring is 1.